The number of nitrogens with one attached hydrogen (secondary N) is 2. The summed E-state index contributed by atoms with van der Waals surface area (Å²) in [5.74, 6) is 0.143. The zero-order valence-electron chi connectivity index (χ0n) is 7.80. The Kier molecular flexibility index (Phi) is 5.54. The molecule has 0 fully saturated rings. The second-order valence-corrected chi connectivity index (χ2v) is 3.16. The fourth-order valence-electron chi connectivity index (χ4n) is 1.26. The van der Waals surface area contributed by atoms with Gasteiger partial charge in [0.15, 0.2) is 0 Å². The van der Waals surface area contributed by atoms with E-state index < -0.39 is 6.10 Å². The topological polar surface area (TPSA) is 67.9 Å². The van der Waals surface area contributed by atoms with Crippen molar-refractivity contribution < 1.29 is 5.11 Å². The van der Waals surface area contributed by atoms with Crippen LogP contribution >= 0.6 is 0 Å². The SMILES string of the molecule is CCC(CC(C)=N)C(O)CC=N. The van der Waals surface area contributed by atoms with Gasteiger partial charge in [0.1, 0.15) is 0 Å². The largest absolute Gasteiger partial charge is 0.392 e. The molecule has 12 heavy (non-hydrogen) atoms. The predicted octanol–water partition coefficient (Wildman–Crippen LogP) is 1.84. The average molecular weight is 170 g/mol. The molecule has 0 aliphatic rings. The van der Waals surface area contributed by atoms with Gasteiger partial charge in [-0.05, 0) is 25.5 Å². The molecule has 0 aromatic heterocycles. The Morgan fingerprint density at radius 2 is 2.17 bits per heavy atom. The fraction of sp³-hybridized carbons (Fsp3) is 0.778. The maximum absolute atomic E-state index is 9.51. The van der Waals surface area contributed by atoms with Crippen molar-refractivity contribution in [1.82, 2.24) is 0 Å². The zero-order valence-corrected chi connectivity index (χ0v) is 7.80. The minimum atomic E-state index is -0.451. The van der Waals surface area contributed by atoms with Gasteiger partial charge in [0, 0.05) is 12.1 Å². The molecule has 3 heteroatoms. The van der Waals surface area contributed by atoms with Crippen LogP contribution in [0.1, 0.15) is 33.1 Å². The Labute approximate surface area is 73.8 Å². The molecule has 0 aliphatic carbocycles. The Hall–Kier alpha value is -0.700. The van der Waals surface area contributed by atoms with E-state index in [1.807, 2.05) is 6.92 Å². The van der Waals surface area contributed by atoms with Crippen LogP contribution in [0.3, 0.4) is 0 Å². The predicted molar refractivity (Wildman–Crippen MR) is 51.2 cm³/mol. The first kappa shape index (κ1) is 11.3. The van der Waals surface area contributed by atoms with Crippen LogP contribution in [0, 0.1) is 16.7 Å². The van der Waals surface area contributed by atoms with Crippen LogP contribution in [0.15, 0.2) is 0 Å². The van der Waals surface area contributed by atoms with E-state index in [4.69, 9.17) is 10.8 Å². The van der Waals surface area contributed by atoms with Gasteiger partial charge in [-0.2, -0.15) is 0 Å². The summed E-state index contributed by atoms with van der Waals surface area (Å²) in [7, 11) is 0. The third-order valence-electron chi connectivity index (χ3n) is 2.00. The lowest BCUT2D eigenvalue weighted by Gasteiger charge is -2.19. The molecule has 0 saturated heterocycles. The normalized spacial score (nSPS) is 15.2. The number of aliphatic hydroxyl groups is 1. The van der Waals surface area contributed by atoms with Gasteiger partial charge in [-0.25, -0.2) is 0 Å². The maximum Gasteiger partial charge on any atom is 0.0621 e. The van der Waals surface area contributed by atoms with Gasteiger partial charge < -0.3 is 15.9 Å². The van der Waals surface area contributed by atoms with E-state index in [2.05, 4.69) is 0 Å². The van der Waals surface area contributed by atoms with Crippen molar-refractivity contribution in [2.75, 3.05) is 0 Å². The Balaban J connectivity index is 3.94. The molecule has 2 atom stereocenters. The van der Waals surface area contributed by atoms with Crippen molar-refractivity contribution >= 4 is 11.9 Å². The number of rotatable bonds is 6. The first-order valence-corrected chi connectivity index (χ1v) is 4.32. The lowest BCUT2D eigenvalue weighted by atomic mass is 9.92. The third kappa shape index (κ3) is 4.23. The van der Waals surface area contributed by atoms with Crippen molar-refractivity contribution in [2.45, 2.75) is 39.2 Å². The summed E-state index contributed by atoms with van der Waals surface area (Å²) in [6.45, 7) is 3.75. The van der Waals surface area contributed by atoms with E-state index in [9.17, 15) is 5.11 Å². The number of hydrogen-bond acceptors (Lipinski definition) is 3. The lowest BCUT2D eigenvalue weighted by molar-refractivity contribution is 0.116. The standard InChI is InChI=1S/C9H18N2O/c1-3-8(6-7(2)11)9(12)4-5-10/h5,8-12H,3-4,6H2,1-2H3. The molecular weight excluding hydrogens is 152 g/mol. The summed E-state index contributed by atoms with van der Waals surface area (Å²) < 4.78 is 0. The van der Waals surface area contributed by atoms with Gasteiger partial charge in [-0.3, -0.25) is 0 Å². The molecule has 0 amide bonds. The summed E-state index contributed by atoms with van der Waals surface area (Å²) in [4.78, 5) is 0. The van der Waals surface area contributed by atoms with Crippen LogP contribution in [-0.4, -0.2) is 23.1 Å². The van der Waals surface area contributed by atoms with E-state index >= 15 is 0 Å². The first-order chi connectivity index (χ1) is 5.61. The molecule has 70 valence electrons. The Morgan fingerprint density at radius 3 is 2.50 bits per heavy atom. The molecule has 0 spiro atoms. The molecule has 0 rings (SSSR count). The van der Waals surface area contributed by atoms with Gasteiger partial charge in [0.2, 0.25) is 0 Å². The van der Waals surface area contributed by atoms with E-state index in [1.165, 1.54) is 6.21 Å². The van der Waals surface area contributed by atoms with Crippen molar-refractivity contribution in [2.24, 2.45) is 5.92 Å². The smallest absolute Gasteiger partial charge is 0.0621 e. The summed E-state index contributed by atoms with van der Waals surface area (Å²) in [6.07, 6.45) is 2.70. The van der Waals surface area contributed by atoms with Gasteiger partial charge in [0.25, 0.3) is 0 Å². The molecule has 0 saturated carbocycles. The molecule has 0 radical (unpaired) electrons. The van der Waals surface area contributed by atoms with Crippen LogP contribution in [0.25, 0.3) is 0 Å². The highest BCUT2D eigenvalue weighted by Gasteiger charge is 2.16. The van der Waals surface area contributed by atoms with Crippen LogP contribution in [-0.2, 0) is 0 Å². The lowest BCUT2D eigenvalue weighted by Crippen LogP contribution is -2.22. The molecule has 0 bridgehead atoms. The van der Waals surface area contributed by atoms with Gasteiger partial charge in [-0.15, -0.1) is 0 Å². The average Bonchev–Trinajstić information content (AvgIpc) is 2.00. The molecule has 3 N–H and O–H groups in total. The number of aliphatic hydroxyl groups excluding tert-OH is 1. The number of hydrogen-bond donors (Lipinski definition) is 3. The summed E-state index contributed by atoms with van der Waals surface area (Å²) >= 11 is 0. The highest BCUT2D eigenvalue weighted by molar-refractivity contribution is 5.78. The minimum Gasteiger partial charge on any atom is -0.392 e. The zero-order chi connectivity index (χ0) is 9.56. The van der Waals surface area contributed by atoms with E-state index in [0.29, 0.717) is 18.6 Å². The van der Waals surface area contributed by atoms with Gasteiger partial charge in [-0.1, -0.05) is 13.3 Å². The Morgan fingerprint density at radius 1 is 1.58 bits per heavy atom. The quantitative estimate of drug-likeness (QED) is 0.523. The highest BCUT2D eigenvalue weighted by Crippen LogP contribution is 2.15. The maximum atomic E-state index is 9.51. The van der Waals surface area contributed by atoms with Crippen molar-refractivity contribution in [3.05, 3.63) is 0 Å². The van der Waals surface area contributed by atoms with E-state index in [-0.39, 0.29) is 5.92 Å². The van der Waals surface area contributed by atoms with Gasteiger partial charge in [0.05, 0.1) is 6.10 Å². The van der Waals surface area contributed by atoms with Crippen molar-refractivity contribution in [1.29, 1.82) is 10.8 Å². The summed E-state index contributed by atoms with van der Waals surface area (Å²) in [5.41, 5.74) is 0.603. The highest BCUT2D eigenvalue weighted by atomic mass is 16.3. The van der Waals surface area contributed by atoms with Crippen molar-refractivity contribution in [3.8, 4) is 0 Å². The molecule has 0 aliphatic heterocycles. The fourth-order valence-corrected chi connectivity index (χ4v) is 1.26. The summed E-state index contributed by atoms with van der Waals surface area (Å²) in [6, 6.07) is 0. The molecule has 0 aromatic rings. The van der Waals surface area contributed by atoms with Crippen LogP contribution in [0.5, 0.6) is 0 Å². The monoisotopic (exact) mass is 170 g/mol. The molecule has 0 heterocycles. The van der Waals surface area contributed by atoms with E-state index in [0.717, 1.165) is 6.42 Å². The summed E-state index contributed by atoms with van der Waals surface area (Å²) in [5, 5.41) is 23.6. The van der Waals surface area contributed by atoms with Crippen molar-refractivity contribution in [3.63, 3.8) is 0 Å². The molecular formula is C9H18N2O. The van der Waals surface area contributed by atoms with Crippen LogP contribution < -0.4 is 0 Å². The molecule has 2 unspecified atom stereocenters. The van der Waals surface area contributed by atoms with Crippen LogP contribution in [0.2, 0.25) is 0 Å². The Bertz CT molecular complexity index is 157. The molecule has 3 nitrogen and oxygen atoms in total. The second kappa shape index (κ2) is 5.89. The third-order valence-corrected chi connectivity index (χ3v) is 2.00. The van der Waals surface area contributed by atoms with E-state index in [1.54, 1.807) is 6.92 Å². The minimum absolute atomic E-state index is 0.143. The van der Waals surface area contributed by atoms with Gasteiger partial charge >= 0.3 is 0 Å². The molecule has 0 aromatic carbocycles. The first-order valence-electron chi connectivity index (χ1n) is 4.32. The van der Waals surface area contributed by atoms with Crippen LogP contribution in [0.4, 0.5) is 0 Å². The second-order valence-electron chi connectivity index (χ2n) is 3.16.